The van der Waals surface area contributed by atoms with Crippen LogP contribution in [0.15, 0.2) is 30.3 Å². The maximum atomic E-state index is 4.21. The highest BCUT2D eigenvalue weighted by Gasteiger charge is 2.08. The molecule has 2 rings (SSSR count). The highest BCUT2D eigenvalue weighted by molar-refractivity contribution is 5.23. The van der Waals surface area contributed by atoms with Gasteiger partial charge in [0.2, 0.25) is 0 Å². The zero-order chi connectivity index (χ0) is 13.0. The minimum atomic E-state index is 0.459. The average Bonchev–Trinajstić information content (AvgIpc) is 2.68. The van der Waals surface area contributed by atoms with Crippen molar-refractivity contribution < 1.29 is 0 Å². The van der Waals surface area contributed by atoms with E-state index in [1.54, 1.807) is 0 Å². The van der Waals surface area contributed by atoms with Gasteiger partial charge in [0, 0.05) is 23.8 Å². The topological polar surface area (TPSA) is 40.7 Å². The summed E-state index contributed by atoms with van der Waals surface area (Å²) in [6.45, 7) is 7.21. The molecule has 1 atom stereocenters. The molecule has 0 saturated carbocycles. The highest BCUT2D eigenvalue weighted by atomic mass is 15.1. The summed E-state index contributed by atoms with van der Waals surface area (Å²) in [5, 5.41) is 10.8. The smallest absolute Gasteiger partial charge is 0.0638 e. The lowest BCUT2D eigenvalue weighted by Crippen LogP contribution is -2.27. The van der Waals surface area contributed by atoms with Gasteiger partial charge >= 0.3 is 0 Å². The second-order valence-corrected chi connectivity index (χ2v) is 4.88. The second kappa shape index (κ2) is 5.83. The summed E-state index contributed by atoms with van der Waals surface area (Å²) in [6, 6.07) is 11.0. The van der Waals surface area contributed by atoms with Crippen LogP contribution < -0.4 is 5.32 Å². The molecule has 96 valence electrons. The van der Waals surface area contributed by atoms with Gasteiger partial charge in [-0.1, -0.05) is 30.3 Å². The van der Waals surface area contributed by atoms with Gasteiger partial charge in [0.05, 0.1) is 5.69 Å². The molecule has 0 aliphatic heterocycles. The summed E-state index contributed by atoms with van der Waals surface area (Å²) >= 11 is 0. The summed E-state index contributed by atoms with van der Waals surface area (Å²) in [5.74, 6) is 0. The SMILES string of the molecule is Cc1n[nH]c(C)c1CNC(C)Cc1ccccc1. The fourth-order valence-corrected chi connectivity index (χ4v) is 2.15. The van der Waals surface area contributed by atoms with E-state index >= 15 is 0 Å². The van der Waals surface area contributed by atoms with Crippen molar-refractivity contribution >= 4 is 0 Å². The van der Waals surface area contributed by atoms with E-state index in [0.717, 1.165) is 24.4 Å². The number of rotatable bonds is 5. The molecule has 0 bridgehead atoms. The van der Waals surface area contributed by atoms with Crippen LogP contribution in [0, 0.1) is 13.8 Å². The molecule has 0 saturated heterocycles. The molecule has 0 spiro atoms. The number of hydrogen-bond donors (Lipinski definition) is 2. The molecule has 0 fully saturated rings. The van der Waals surface area contributed by atoms with Crippen molar-refractivity contribution in [3.8, 4) is 0 Å². The van der Waals surface area contributed by atoms with Gasteiger partial charge in [-0.25, -0.2) is 0 Å². The summed E-state index contributed by atoms with van der Waals surface area (Å²) in [7, 11) is 0. The number of nitrogens with one attached hydrogen (secondary N) is 2. The first-order valence-electron chi connectivity index (χ1n) is 6.44. The first-order valence-corrected chi connectivity index (χ1v) is 6.44. The van der Waals surface area contributed by atoms with Crippen LogP contribution in [0.5, 0.6) is 0 Å². The number of aromatic nitrogens is 2. The predicted molar refractivity (Wildman–Crippen MR) is 74.5 cm³/mol. The van der Waals surface area contributed by atoms with Gasteiger partial charge in [0.25, 0.3) is 0 Å². The van der Waals surface area contributed by atoms with Crippen LogP contribution in [0.4, 0.5) is 0 Å². The molecule has 1 aromatic heterocycles. The molecule has 2 aromatic rings. The molecule has 2 N–H and O–H groups in total. The molecule has 1 unspecified atom stereocenters. The van der Waals surface area contributed by atoms with Crippen molar-refractivity contribution in [1.82, 2.24) is 15.5 Å². The molecule has 0 radical (unpaired) electrons. The van der Waals surface area contributed by atoms with Gasteiger partial charge in [0.1, 0.15) is 0 Å². The maximum absolute atomic E-state index is 4.21. The Kier molecular flexibility index (Phi) is 4.15. The van der Waals surface area contributed by atoms with Crippen molar-refractivity contribution in [2.75, 3.05) is 0 Å². The average molecular weight is 243 g/mol. The zero-order valence-corrected chi connectivity index (χ0v) is 11.3. The van der Waals surface area contributed by atoms with Crippen LogP contribution in [-0.4, -0.2) is 16.2 Å². The Hall–Kier alpha value is -1.61. The number of aromatic amines is 1. The summed E-state index contributed by atoms with van der Waals surface area (Å²) < 4.78 is 0. The third kappa shape index (κ3) is 3.20. The summed E-state index contributed by atoms with van der Waals surface area (Å²) in [5.41, 5.74) is 4.91. The molecular formula is C15H21N3. The predicted octanol–water partition coefficient (Wildman–Crippen LogP) is 2.75. The summed E-state index contributed by atoms with van der Waals surface area (Å²) in [6.07, 6.45) is 1.05. The third-order valence-corrected chi connectivity index (χ3v) is 3.29. The van der Waals surface area contributed by atoms with Crippen LogP contribution in [-0.2, 0) is 13.0 Å². The van der Waals surface area contributed by atoms with Crippen molar-refractivity contribution in [2.24, 2.45) is 0 Å². The Balaban J connectivity index is 1.87. The van der Waals surface area contributed by atoms with Crippen molar-refractivity contribution in [1.29, 1.82) is 0 Å². The molecular weight excluding hydrogens is 222 g/mol. The van der Waals surface area contributed by atoms with Crippen LogP contribution in [0.3, 0.4) is 0 Å². The second-order valence-electron chi connectivity index (χ2n) is 4.88. The van der Waals surface area contributed by atoms with Crippen LogP contribution in [0.1, 0.15) is 29.4 Å². The third-order valence-electron chi connectivity index (χ3n) is 3.29. The number of aryl methyl sites for hydroxylation is 2. The fourth-order valence-electron chi connectivity index (χ4n) is 2.15. The first kappa shape index (κ1) is 12.8. The van der Waals surface area contributed by atoms with E-state index in [2.05, 4.69) is 59.7 Å². The largest absolute Gasteiger partial charge is 0.310 e. The van der Waals surface area contributed by atoms with Crippen molar-refractivity contribution in [3.05, 3.63) is 52.8 Å². The molecule has 1 aromatic carbocycles. The van der Waals surface area contributed by atoms with E-state index in [1.807, 2.05) is 6.92 Å². The number of hydrogen-bond acceptors (Lipinski definition) is 2. The molecule has 3 heteroatoms. The van der Waals surface area contributed by atoms with Gasteiger partial charge in [-0.05, 0) is 32.8 Å². The number of H-pyrrole nitrogens is 1. The van der Waals surface area contributed by atoms with E-state index in [9.17, 15) is 0 Å². The van der Waals surface area contributed by atoms with E-state index in [-0.39, 0.29) is 0 Å². The lowest BCUT2D eigenvalue weighted by Gasteiger charge is -2.14. The Morgan fingerprint density at radius 2 is 1.94 bits per heavy atom. The Labute approximate surface area is 109 Å². The Morgan fingerprint density at radius 1 is 1.22 bits per heavy atom. The Bertz CT molecular complexity index is 468. The molecule has 0 aliphatic carbocycles. The molecule has 1 heterocycles. The number of benzene rings is 1. The lowest BCUT2D eigenvalue weighted by atomic mass is 10.1. The van der Waals surface area contributed by atoms with E-state index in [4.69, 9.17) is 0 Å². The van der Waals surface area contributed by atoms with Gasteiger partial charge in [-0.15, -0.1) is 0 Å². The van der Waals surface area contributed by atoms with Gasteiger partial charge in [0.15, 0.2) is 0 Å². The standard InChI is InChI=1S/C15H21N3/c1-11(9-14-7-5-4-6-8-14)16-10-15-12(2)17-18-13(15)3/h4-8,11,16H,9-10H2,1-3H3,(H,17,18). The lowest BCUT2D eigenvalue weighted by molar-refractivity contribution is 0.543. The minimum absolute atomic E-state index is 0.459. The number of nitrogens with zero attached hydrogens (tertiary/aromatic N) is 1. The molecule has 3 nitrogen and oxygen atoms in total. The van der Waals surface area contributed by atoms with Crippen molar-refractivity contribution in [3.63, 3.8) is 0 Å². The van der Waals surface area contributed by atoms with Crippen LogP contribution in [0.2, 0.25) is 0 Å². The van der Waals surface area contributed by atoms with Crippen LogP contribution >= 0.6 is 0 Å². The minimum Gasteiger partial charge on any atom is -0.310 e. The van der Waals surface area contributed by atoms with E-state index < -0.39 is 0 Å². The van der Waals surface area contributed by atoms with Gasteiger partial charge in [-0.3, -0.25) is 5.10 Å². The monoisotopic (exact) mass is 243 g/mol. The van der Waals surface area contributed by atoms with E-state index in [1.165, 1.54) is 11.1 Å². The normalized spacial score (nSPS) is 12.6. The maximum Gasteiger partial charge on any atom is 0.0638 e. The molecule has 18 heavy (non-hydrogen) atoms. The fraction of sp³-hybridized carbons (Fsp3) is 0.400. The zero-order valence-electron chi connectivity index (χ0n) is 11.3. The molecule has 0 aliphatic rings. The van der Waals surface area contributed by atoms with Crippen molar-refractivity contribution in [2.45, 2.75) is 39.8 Å². The van der Waals surface area contributed by atoms with Gasteiger partial charge < -0.3 is 5.32 Å². The van der Waals surface area contributed by atoms with E-state index in [0.29, 0.717) is 6.04 Å². The quantitative estimate of drug-likeness (QED) is 0.847. The summed E-state index contributed by atoms with van der Waals surface area (Å²) in [4.78, 5) is 0. The first-order chi connectivity index (χ1) is 8.66. The Morgan fingerprint density at radius 3 is 2.56 bits per heavy atom. The van der Waals surface area contributed by atoms with Crippen LogP contribution in [0.25, 0.3) is 0 Å². The highest BCUT2D eigenvalue weighted by Crippen LogP contribution is 2.09. The van der Waals surface area contributed by atoms with Gasteiger partial charge in [-0.2, -0.15) is 5.10 Å². The molecule has 0 amide bonds.